The molecule has 0 saturated carbocycles. The Kier molecular flexibility index (Phi) is 12.5. The third-order valence-electron chi connectivity index (χ3n) is 12.8. The lowest BCUT2D eigenvalue weighted by Gasteiger charge is -2.38. The quantitative estimate of drug-likeness (QED) is 0.0479. The van der Waals surface area contributed by atoms with E-state index in [1.54, 1.807) is 13.1 Å². The SMILES string of the molecule is CCNC1C=C2C=CCCC2CC1COC(=O)C12OC1(CC=C(C)CC1(C3=CCNC(NCNC)=C3)CCCNC(=NC)N1)C(=O)c1cccc(CC(C)C)c1C2=O. The number of carbonyl (C=O) groups excluding carboxylic acids is 3. The molecule has 12 nitrogen and oxygen atoms in total. The van der Waals surface area contributed by atoms with Crippen LogP contribution in [0, 0.1) is 17.8 Å². The molecule has 58 heavy (non-hydrogen) atoms. The first-order chi connectivity index (χ1) is 28.0. The van der Waals surface area contributed by atoms with E-state index in [-0.39, 0.29) is 36.7 Å². The minimum absolute atomic E-state index is 0.0237. The number of hydrogen-bond acceptors (Lipinski definition) is 10. The van der Waals surface area contributed by atoms with Gasteiger partial charge in [-0.2, -0.15) is 0 Å². The van der Waals surface area contributed by atoms with Crippen molar-refractivity contribution in [1.29, 1.82) is 0 Å². The van der Waals surface area contributed by atoms with Gasteiger partial charge in [0.05, 0.1) is 18.8 Å². The number of Topliss-reactive ketones (excluding diaryl/α,β-unsaturated/α-hetero) is 2. The van der Waals surface area contributed by atoms with Crippen LogP contribution in [-0.4, -0.2) is 93.3 Å². The fourth-order valence-corrected chi connectivity index (χ4v) is 9.90. The molecule has 6 aliphatic rings. The van der Waals surface area contributed by atoms with Gasteiger partial charge in [-0.05, 0) is 100 Å². The molecule has 312 valence electrons. The second kappa shape index (κ2) is 17.4. The Morgan fingerprint density at radius 3 is 2.81 bits per heavy atom. The lowest BCUT2D eigenvalue weighted by molar-refractivity contribution is -0.150. The molecule has 0 radical (unpaired) electrons. The predicted molar refractivity (Wildman–Crippen MR) is 227 cm³/mol. The number of esters is 1. The third kappa shape index (κ3) is 7.82. The summed E-state index contributed by atoms with van der Waals surface area (Å²) in [6.07, 6.45) is 19.0. The number of likely N-dealkylation sites (N-methyl/N-ethyl adjacent to an activating group) is 1. The van der Waals surface area contributed by atoms with Gasteiger partial charge in [0, 0.05) is 49.6 Å². The van der Waals surface area contributed by atoms with Gasteiger partial charge in [-0.3, -0.25) is 14.6 Å². The predicted octanol–water partition coefficient (Wildman–Crippen LogP) is 4.77. The Labute approximate surface area is 343 Å². The number of epoxide rings is 1. The maximum atomic E-state index is 14.9. The maximum absolute atomic E-state index is 14.9. The molecular formula is C46H63N7O5. The van der Waals surface area contributed by atoms with Crippen molar-refractivity contribution in [1.82, 2.24) is 31.9 Å². The molecule has 2 saturated heterocycles. The van der Waals surface area contributed by atoms with E-state index in [9.17, 15) is 14.4 Å². The molecule has 2 fully saturated rings. The lowest BCUT2D eigenvalue weighted by atomic mass is 9.70. The van der Waals surface area contributed by atoms with Crippen molar-refractivity contribution < 1.29 is 23.9 Å². The largest absolute Gasteiger partial charge is 0.463 e. The molecule has 7 rings (SSSR count). The molecule has 6 unspecified atom stereocenters. The van der Waals surface area contributed by atoms with E-state index in [1.807, 2.05) is 32.2 Å². The van der Waals surface area contributed by atoms with Gasteiger partial charge in [0.25, 0.3) is 5.60 Å². The number of benzene rings is 1. The highest BCUT2D eigenvalue weighted by molar-refractivity contribution is 6.33. The van der Waals surface area contributed by atoms with Crippen molar-refractivity contribution in [3.8, 4) is 0 Å². The Morgan fingerprint density at radius 2 is 2.03 bits per heavy atom. The van der Waals surface area contributed by atoms with Crippen molar-refractivity contribution in [2.24, 2.45) is 22.7 Å². The molecule has 3 aliphatic carbocycles. The van der Waals surface area contributed by atoms with E-state index in [4.69, 9.17) is 9.47 Å². The Bertz CT molecular complexity index is 1960. The minimum Gasteiger partial charge on any atom is -0.463 e. The van der Waals surface area contributed by atoms with Gasteiger partial charge in [-0.15, -0.1) is 0 Å². The summed E-state index contributed by atoms with van der Waals surface area (Å²) < 4.78 is 12.6. The van der Waals surface area contributed by atoms with Crippen LogP contribution in [0.1, 0.15) is 98.9 Å². The Balaban J connectivity index is 1.20. The average molecular weight is 794 g/mol. The lowest BCUT2D eigenvalue weighted by Crippen LogP contribution is -2.53. The first kappa shape index (κ1) is 41.6. The number of fused-ring (bicyclic) bond motifs is 3. The second-order valence-corrected chi connectivity index (χ2v) is 17.3. The molecule has 1 aromatic carbocycles. The van der Waals surface area contributed by atoms with Crippen molar-refractivity contribution >= 4 is 23.5 Å². The van der Waals surface area contributed by atoms with E-state index >= 15 is 0 Å². The molecule has 3 heterocycles. The van der Waals surface area contributed by atoms with Gasteiger partial charge >= 0.3 is 5.97 Å². The molecular weight excluding hydrogens is 731 g/mol. The average Bonchev–Trinajstić information content (AvgIpc) is 3.97. The summed E-state index contributed by atoms with van der Waals surface area (Å²) in [5, 5.41) is 20.7. The van der Waals surface area contributed by atoms with Crippen molar-refractivity contribution in [2.45, 2.75) is 102 Å². The van der Waals surface area contributed by atoms with E-state index in [0.29, 0.717) is 43.1 Å². The number of rotatable bonds is 15. The van der Waals surface area contributed by atoms with Crippen molar-refractivity contribution in [3.63, 3.8) is 0 Å². The standard InChI is InChI=1S/C46H63N7O5/c1-7-49-37-24-32-13-9-8-12-31(32)23-34(37)27-57-42(56)46-41(55)39-33(22-29(2)3)14-10-15-36(39)40(54)45(46,58-46)19-16-30(4)26-44(18-11-20-51-43(48-6)53-44)35-17-21-50-38(25-35)52-28-47-5/h9-10,13-17,24-25,29,31,34,37,47,49-50,52H,7-8,11-12,18-23,26-28H2,1-6H3,(H2,48,51,53). The van der Waals surface area contributed by atoms with Crippen LogP contribution in [0.4, 0.5) is 0 Å². The molecule has 12 heteroatoms. The zero-order chi connectivity index (χ0) is 41.1. The molecule has 6 N–H and O–H groups in total. The number of ether oxygens (including phenoxy) is 2. The second-order valence-electron chi connectivity index (χ2n) is 17.3. The summed E-state index contributed by atoms with van der Waals surface area (Å²) in [6.45, 7) is 11.2. The van der Waals surface area contributed by atoms with Crippen LogP contribution in [0.2, 0.25) is 0 Å². The number of carbonyl (C=O) groups is 3. The summed E-state index contributed by atoms with van der Waals surface area (Å²) >= 11 is 0. The first-order valence-corrected chi connectivity index (χ1v) is 21.4. The van der Waals surface area contributed by atoms with Gasteiger partial charge in [-0.25, -0.2) is 4.79 Å². The summed E-state index contributed by atoms with van der Waals surface area (Å²) in [5.74, 6) is 0.734. The summed E-state index contributed by atoms with van der Waals surface area (Å²) in [7, 11) is 3.67. The highest BCUT2D eigenvalue weighted by atomic mass is 16.7. The highest BCUT2D eigenvalue weighted by Crippen LogP contribution is 2.59. The van der Waals surface area contributed by atoms with E-state index in [2.05, 4.69) is 88.0 Å². The number of allylic oxidation sites excluding steroid dienone is 3. The summed E-state index contributed by atoms with van der Waals surface area (Å²) in [4.78, 5) is 48.9. The van der Waals surface area contributed by atoms with Crippen LogP contribution < -0.4 is 31.9 Å². The van der Waals surface area contributed by atoms with E-state index in [0.717, 1.165) is 73.7 Å². The van der Waals surface area contributed by atoms with Gasteiger partial charge in [0.2, 0.25) is 5.78 Å². The molecule has 1 aromatic rings. The fourth-order valence-electron chi connectivity index (χ4n) is 9.90. The van der Waals surface area contributed by atoms with Crippen molar-refractivity contribution in [3.05, 3.63) is 93.9 Å². The number of ketones is 2. The number of dihydropyridines is 1. The zero-order valence-electron chi connectivity index (χ0n) is 35.2. The van der Waals surface area contributed by atoms with Crippen LogP contribution in [0.25, 0.3) is 0 Å². The number of nitrogens with zero attached hydrogens (tertiary/aromatic N) is 1. The van der Waals surface area contributed by atoms with E-state index < -0.39 is 28.5 Å². The Hall–Kier alpha value is -4.52. The van der Waals surface area contributed by atoms with E-state index in [1.165, 1.54) is 5.57 Å². The normalized spacial score (nSPS) is 31.0. The topological polar surface area (TPSA) is 158 Å². The highest BCUT2D eigenvalue weighted by Gasteiger charge is 2.85. The van der Waals surface area contributed by atoms with Gasteiger partial charge in [-0.1, -0.05) is 74.9 Å². The number of guanidine groups is 1. The smallest absolute Gasteiger partial charge is 0.350 e. The third-order valence-corrected chi connectivity index (χ3v) is 12.8. The summed E-state index contributed by atoms with van der Waals surface area (Å²) in [5.41, 5.74) is 0.576. The van der Waals surface area contributed by atoms with Crippen LogP contribution in [-0.2, 0) is 20.7 Å². The monoisotopic (exact) mass is 793 g/mol. The van der Waals surface area contributed by atoms with Gasteiger partial charge < -0.3 is 41.4 Å². The number of aliphatic imine (C=N–C) groups is 1. The number of hydrogen-bond donors (Lipinski definition) is 6. The van der Waals surface area contributed by atoms with Crippen LogP contribution >= 0.6 is 0 Å². The maximum Gasteiger partial charge on any atom is 0.350 e. The first-order valence-electron chi connectivity index (χ1n) is 21.4. The number of nitrogens with one attached hydrogen (secondary N) is 6. The zero-order valence-corrected chi connectivity index (χ0v) is 35.2. The molecule has 0 aromatic heterocycles. The molecule has 0 spiro atoms. The van der Waals surface area contributed by atoms with Crippen LogP contribution in [0.3, 0.4) is 0 Å². The van der Waals surface area contributed by atoms with Crippen molar-refractivity contribution in [2.75, 3.05) is 47.0 Å². The van der Waals surface area contributed by atoms with Crippen LogP contribution in [0.15, 0.2) is 82.2 Å². The molecule has 0 bridgehead atoms. The molecule has 0 amide bonds. The summed E-state index contributed by atoms with van der Waals surface area (Å²) in [6, 6.07) is 5.46. The van der Waals surface area contributed by atoms with Gasteiger partial charge in [0.1, 0.15) is 5.82 Å². The Morgan fingerprint density at radius 1 is 1.19 bits per heavy atom. The van der Waals surface area contributed by atoms with Gasteiger partial charge in [0.15, 0.2) is 17.3 Å². The molecule has 3 aliphatic heterocycles. The fraction of sp³-hybridized carbons (Fsp3) is 0.565. The minimum atomic E-state index is -2.05. The van der Waals surface area contributed by atoms with Crippen LogP contribution in [0.5, 0.6) is 0 Å². The molecule has 6 atom stereocenters.